The molecule has 1 heterocycles. The number of halogens is 3. The maximum atomic E-state index is 13.1. The molecule has 3 rings (SSSR count). The van der Waals surface area contributed by atoms with E-state index in [4.69, 9.17) is 0 Å². The van der Waals surface area contributed by atoms with Crippen molar-refractivity contribution in [3.8, 4) is 0 Å². The predicted octanol–water partition coefficient (Wildman–Crippen LogP) is 4.16. The van der Waals surface area contributed by atoms with E-state index in [0.717, 1.165) is 29.9 Å². The highest BCUT2D eigenvalue weighted by molar-refractivity contribution is 6.09. The van der Waals surface area contributed by atoms with Gasteiger partial charge < -0.3 is 10.6 Å². The number of rotatable bonds is 6. The van der Waals surface area contributed by atoms with Crippen LogP contribution >= 0.6 is 0 Å². The average Bonchev–Trinajstić information content (AvgIpc) is 2.93. The van der Waals surface area contributed by atoms with Gasteiger partial charge in [0, 0.05) is 0 Å². The molecule has 9 heteroatoms. The summed E-state index contributed by atoms with van der Waals surface area (Å²) in [7, 11) is 0. The van der Waals surface area contributed by atoms with Gasteiger partial charge in [0.1, 0.15) is 12.1 Å². The van der Waals surface area contributed by atoms with Crippen molar-refractivity contribution in [3.05, 3.63) is 35.4 Å². The molecule has 1 aromatic carbocycles. The lowest BCUT2D eigenvalue weighted by molar-refractivity contribution is -0.137. The SMILES string of the molecule is CCCC(NC(=O)CN1C(=O)NC2(CCC(C)CC2)C1=O)c1cccc(C(F)(F)F)c1. The van der Waals surface area contributed by atoms with Gasteiger partial charge in [-0.25, -0.2) is 4.79 Å². The van der Waals surface area contributed by atoms with E-state index in [9.17, 15) is 27.6 Å². The Bertz CT molecular complexity index is 848. The van der Waals surface area contributed by atoms with E-state index in [-0.39, 0.29) is 0 Å². The van der Waals surface area contributed by atoms with Gasteiger partial charge in [0.15, 0.2) is 0 Å². The van der Waals surface area contributed by atoms with Crippen molar-refractivity contribution in [1.29, 1.82) is 0 Å². The van der Waals surface area contributed by atoms with Crippen molar-refractivity contribution in [1.82, 2.24) is 15.5 Å². The lowest BCUT2D eigenvalue weighted by atomic mass is 9.77. The number of urea groups is 1. The van der Waals surface area contributed by atoms with Crippen LogP contribution in [0.4, 0.5) is 18.0 Å². The standard InChI is InChI=1S/C22H28F3N3O3/c1-3-5-17(15-6-4-7-16(12-15)22(23,24)25)26-18(29)13-28-19(30)21(27-20(28)31)10-8-14(2)9-11-21/h4,6-7,12,14,17H,3,5,8-11,13H2,1-2H3,(H,26,29)(H,27,31). The van der Waals surface area contributed by atoms with Crippen LogP contribution in [0.3, 0.4) is 0 Å². The van der Waals surface area contributed by atoms with Gasteiger partial charge in [-0.2, -0.15) is 13.2 Å². The monoisotopic (exact) mass is 439 g/mol. The molecule has 2 aliphatic rings. The Morgan fingerprint density at radius 3 is 2.58 bits per heavy atom. The molecule has 1 spiro atoms. The third-order valence-electron chi connectivity index (χ3n) is 6.20. The molecule has 0 radical (unpaired) electrons. The van der Waals surface area contributed by atoms with Crippen LogP contribution in [0.25, 0.3) is 0 Å². The lowest BCUT2D eigenvalue weighted by Gasteiger charge is -2.33. The Hall–Kier alpha value is -2.58. The zero-order valence-corrected chi connectivity index (χ0v) is 17.7. The molecule has 1 saturated carbocycles. The zero-order valence-electron chi connectivity index (χ0n) is 17.7. The number of amides is 4. The van der Waals surface area contributed by atoms with Crippen molar-refractivity contribution in [2.24, 2.45) is 5.92 Å². The number of imide groups is 1. The Labute approximate surface area is 179 Å². The molecule has 0 bridgehead atoms. The number of carbonyl (C=O) groups excluding carboxylic acids is 3. The number of nitrogens with one attached hydrogen (secondary N) is 2. The maximum absolute atomic E-state index is 13.1. The molecule has 1 aliphatic heterocycles. The van der Waals surface area contributed by atoms with Crippen LogP contribution in [0.5, 0.6) is 0 Å². The minimum atomic E-state index is -4.48. The fraction of sp³-hybridized carbons (Fsp3) is 0.591. The molecule has 4 amide bonds. The first kappa shape index (κ1) is 23.1. The van der Waals surface area contributed by atoms with Crippen LogP contribution in [0.1, 0.15) is 69.5 Å². The van der Waals surface area contributed by atoms with Crippen molar-refractivity contribution >= 4 is 17.8 Å². The summed E-state index contributed by atoms with van der Waals surface area (Å²) in [6, 6.07) is 3.59. The van der Waals surface area contributed by atoms with Crippen LogP contribution < -0.4 is 10.6 Å². The summed E-state index contributed by atoms with van der Waals surface area (Å²) in [5, 5.41) is 5.46. The Morgan fingerprint density at radius 1 is 1.29 bits per heavy atom. The Kier molecular flexibility index (Phi) is 6.62. The van der Waals surface area contributed by atoms with Crippen LogP contribution in [0.2, 0.25) is 0 Å². The van der Waals surface area contributed by atoms with Crippen LogP contribution in [0.15, 0.2) is 24.3 Å². The molecule has 2 fully saturated rings. The van der Waals surface area contributed by atoms with Crippen molar-refractivity contribution < 1.29 is 27.6 Å². The number of hydrogen-bond acceptors (Lipinski definition) is 3. The highest BCUT2D eigenvalue weighted by atomic mass is 19.4. The summed E-state index contributed by atoms with van der Waals surface area (Å²) in [4.78, 5) is 38.9. The molecule has 31 heavy (non-hydrogen) atoms. The summed E-state index contributed by atoms with van der Waals surface area (Å²) in [6.45, 7) is 3.50. The smallest absolute Gasteiger partial charge is 0.348 e. The largest absolute Gasteiger partial charge is 0.416 e. The number of nitrogens with zero attached hydrogens (tertiary/aromatic N) is 1. The van der Waals surface area contributed by atoms with Crippen LogP contribution in [-0.4, -0.2) is 34.8 Å². The number of carbonyl (C=O) groups is 3. The molecule has 1 aromatic rings. The maximum Gasteiger partial charge on any atom is 0.416 e. The summed E-state index contributed by atoms with van der Waals surface area (Å²) < 4.78 is 39.2. The van der Waals surface area contributed by atoms with Crippen molar-refractivity contribution in [2.75, 3.05) is 6.54 Å². The van der Waals surface area contributed by atoms with Gasteiger partial charge in [-0.05, 0) is 55.7 Å². The minimum absolute atomic E-state index is 0.333. The third kappa shape index (κ3) is 5.02. The topological polar surface area (TPSA) is 78.5 Å². The van der Waals surface area contributed by atoms with E-state index in [0.29, 0.717) is 37.2 Å². The van der Waals surface area contributed by atoms with E-state index < -0.39 is 47.7 Å². The fourth-order valence-corrected chi connectivity index (χ4v) is 4.34. The first-order valence-electron chi connectivity index (χ1n) is 10.7. The van der Waals surface area contributed by atoms with E-state index in [1.54, 1.807) is 0 Å². The van der Waals surface area contributed by atoms with Gasteiger partial charge in [-0.1, -0.05) is 32.4 Å². The molecular formula is C22H28F3N3O3. The van der Waals surface area contributed by atoms with E-state index in [2.05, 4.69) is 17.6 Å². The number of hydrogen-bond donors (Lipinski definition) is 2. The molecule has 6 nitrogen and oxygen atoms in total. The normalized spacial score (nSPS) is 24.9. The van der Waals surface area contributed by atoms with Gasteiger partial charge in [-0.3, -0.25) is 14.5 Å². The fourth-order valence-electron chi connectivity index (χ4n) is 4.34. The molecule has 170 valence electrons. The second-order valence-corrected chi connectivity index (χ2v) is 8.62. The van der Waals surface area contributed by atoms with Crippen LogP contribution in [0, 0.1) is 5.92 Å². The summed E-state index contributed by atoms with van der Waals surface area (Å²) in [5.41, 5.74) is -1.39. The quantitative estimate of drug-likeness (QED) is 0.654. The molecule has 1 saturated heterocycles. The van der Waals surface area contributed by atoms with E-state index >= 15 is 0 Å². The van der Waals surface area contributed by atoms with Gasteiger partial charge in [0.2, 0.25) is 5.91 Å². The Balaban J connectivity index is 1.69. The Morgan fingerprint density at radius 2 is 1.97 bits per heavy atom. The van der Waals surface area contributed by atoms with Gasteiger partial charge in [0.25, 0.3) is 5.91 Å². The summed E-state index contributed by atoms with van der Waals surface area (Å²) in [5.74, 6) is -0.499. The van der Waals surface area contributed by atoms with Crippen molar-refractivity contribution in [2.45, 2.75) is 70.1 Å². The molecular weight excluding hydrogens is 411 g/mol. The number of benzene rings is 1. The average molecular weight is 439 g/mol. The molecule has 1 unspecified atom stereocenters. The highest BCUT2D eigenvalue weighted by Crippen LogP contribution is 2.36. The second kappa shape index (κ2) is 8.88. The number of alkyl halides is 3. The third-order valence-corrected chi connectivity index (χ3v) is 6.20. The zero-order chi connectivity index (χ0) is 22.8. The first-order chi connectivity index (χ1) is 14.6. The minimum Gasteiger partial charge on any atom is -0.348 e. The molecule has 1 atom stereocenters. The predicted molar refractivity (Wildman–Crippen MR) is 108 cm³/mol. The molecule has 1 aliphatic carbocycles. The molecule has 2 N–H and O–H groups in total. The second-order valence-electron chi connectivity index (χ2n) is 8.62. The van der Waals surface area contributed by atoms with Gasteiger partial charge in [0.05, 0.1) is 11.6 Å². The van der Waals surface area contributed by atoms with Gasteiger partial charge in [-0.15, -0.1) is 0 Å². The summed E-state index contributed by atoms with van der Waals surface area (Å²) in [6.07, 6.45) is -0.706. The first-order valence-corrected chi connectivity index (χ1v) is 10.7. The van der Waals surface area contributed by atoms with Gasteiger partial charge >= 0.3 is 12.2 Å². The van der Waals surface area contributed by atoms with E-state index in [1.165, 1.54) is 12.1 Å². The lowest BCUT2D eigenvalue weighted by Crippen LogP contribution is -2.50. The molecule has 0 aromatic heterocycles. The summed E-state index contributed by atoms with van der Waals surface area (Å²) >= 11 is 0. The van der Waals surface area contributed by atoms with Crippen molar-refractivity contribution in [3.63, 3.8) is 0 Å². The van der Waals surface area contributed by atoms with E-state index in [1.807, 2.05) is 6.92 Å². The van der Waals surface area contributed by atoms with Crippen LogP contribution in [-0.2, 0) is 15.8 Å². The highest BCUT2D eigenvalue weighted by Gasteiger charge is 2.52.